The molecule has 0 saturated heterocycles. The Balaban J connectivity index is 0. The van der Waals surface area contributed by atoms with Crippen LogP contribution in [0.2, 0.25) is 0 Å². The molecule has 0 heterocycles. The third-order valence-corrected chi connectivity index (χ3v) is 4.04. The Bertz CT molecular complexity index is 807. The highest BCUT2D eigenvalue weighted by Crippen LogP contribution is 2.23. The Morgan fingerprint density at radius 2 is 1.57 bits per heavy atom. The van der Waals surface area contributed by atoms with E-state index in [1.54, 1.807) is 13.0 Å². The normalized spacial score (nSPS) is 12.7. The fraction of sp³-hybridized carbons (Fsp3) is 0.269. The maximum absolute atomic E-state index is 11.7. The molecule has 0 saturated carbocycles. The molecule has 151 valence electrons. The molecule has 0 aliphatic heterocycles. The first kappa shape index (κ1) is 23.3. The molecule has 0 N–H and O–H groups in total. The molecule has 0 bridgehead atoms. The number of Topliss-reactive ketones (excluding diaryl/α,β-unsaturated/α-hetero) is 1. The monoisotopic (exact) mass is 379 g/mol. The first-order valence-electron chi connectivity index (χ1n) is 9.84. The number of aryl methyl sites for hydroxylation is 1. The van der Waals surface area contributed by atoms with Gasteiger partial charge in [0.1, 0.15) is 0 Å². The summed E-state index contributed by atoms with van der Waals surface area (Å²) < 4.78 is 0. The van der Waals surface area contributed by atoms with Crippen molar-refractivity contribution < 1.29 is 12.4 Å². The van der Waals surface area contributed by atoms with Crippen LogP contribution in [0.5, 0.6) is 0 Å². The first-order valence-corrected chi connectivity index (χ1v) is 9.84. The average Bonchev–Trinajstić information content (AvgIpc) is 3.56. The zero-order chi connectivity index (χ0) is 20.9. The largest absolute Gasteiger partial charge is 0.295 e. The van der Waals surface area contributed by atoms with Crippen molar-refractivity contribution in [2.24, 2.45) is 5.92 Å². The van der Waals surface area contributed by atoms with Crippen molar-refractivity contribution in [2.75, 3.05) is 0 Å². The smallest absolute Gasteiger partial charge is 0.162 e. The molecule has 2 aromatic carbocycles. The molecule has 28 heavy (non-hydrogen) atoms. The predicted octanol–water partition coefficient (Wildman–Crippen LogP) is 6.69. The molecule has 2 nitrogen and oxygen atoms in total. The molecule has 2 aromatic rings. The third-order valence-electron chi connectivity index (χ3n) is 4.04. The van der Waals surface area contributed by atoms with E-state index in [1.165, 1.54) is 11.1 Å². The van der Waals surface area contributed by atoms with Gasteiger partial charge in [0.25, 0.3) is 0 Å². The summed E-state index contributed by atoms with van der Waals surface area (Å²) in [6, 6.07) is 18.1. The van der Waals surface area contributed by atoms with E-state index in [-0.39, 0.29) is 20.3 Å². The number of hydrogen-bond donors (Lipinski definition) is 0. The molecular formula is C26H35O2. The van der Waals surface area contributed by atoms with Gasteiger partial charge in [-0.05, 0) is 43.0 Å². The van der Waals surface area contributed by atoms with Gasteiger partial charge in [-0.2, -0.15) is 0 Å². The maximum atomic E-state index is 11.7. The minimum atomic E-state index is 0. The van der Waals surface area contributed by atoms with Crippen LogP contribution in [-0.4, -0.2) is 11.6 Å². The van der Waals surface area contributed by atoms with E-state index < -0.39 is 0 Å². The molecule has 1 aliphatic carbocycles. The van der Waals surface area contributed by atoms with Gasteiger partial charge in [0.05, 0.1) is 0 Å². The van der Waals surface area contributed by atoms with Gasteiger partial charge in [-0.15, -0.1) is 0 Å². The van der Waals surface area contributed by atoms with E-state index in [1.807, 2.05) is 69.7 Å². The summed E-state index contributed by atoms with van der Waals surface area (Å²) in [7, 11) is 0. The van der Waals surface area contributed by atoms with E-state index in [0.717, 1.165) is 17.6 Å². The van der Waals surface area contributed by atoms with Gasteiger partial charge in [0, 0.05) is 15.2 Å². The zero-order valence-electron chi connectivity index (χ0n) is 17.6. The Morgan fingerprint density at radius 3 is 2.07 bits per heavy atom. The maximum Gasteiger partial charge on any atom is 0.162 e. The Kier molecular flexibility index (Phi) is 10.5. The lowest BCUT2D eigenvalue weighted by molar-refractivity contribution is -0.118. The van der Waals surface area contributed by atoms with Gasteiger partial charge in [-0.25, -0.2) is 0 Å². The van der Waals surface area contributed by atoms with Crippen LogP contribution in [0.4, 0.5) is 0 Å². The molecule has 0 spiro atoms. The van der Waals surface area contributed by atoms with Crippen LogP contribution in [0.3, 0.4) is 0 Å². The van der Waals surface area contributed by atoms with Crippen molar-refractivity contribution in [3.05, 3.63) is 95.4 Å². The van der Waals surface area contributed by atoms with Gasteiger partial charge in [-0.1, -0.05) is 93.1 Å². The second-order valence-corrected chi connectivity index (χ2v) is 6.60. The summed E-state index contributed by atoms with van der Waals surface area (Å²) in [6.07, 6.45) is 7.98. The highest BCUT2D eigenvalue weighted by atomic mass is 16.1. The van der Waals surface area contributed by atoms with Crippen molar-refractivity contribution in [1.82, 2.24) is 0 Å². The molecule has 3 rings (SSSR count). The summed E-state index contributed by atoms with van der Waals surface area (Å²) in [5, 5.41) is 0. The van der Waals surface area contributed by atoms with Crippen molar-refractivity contribution in [2.45, 2.75) is 41.0 Å². The summed E-state index contributed by atoms with van der Waals surface area (Å²) >= 11 is 0. The quantitative estimate of drug-likeness (QED) is 0.524. The number of hydrogen-bond acceptors (Lipinski definition) is 2. The van der Waals surface area contributed by atoms with Crippen LogP contribution in [0.1, 0.15) is 47.2 Å². The number of carbonyl (C=O) groups is 2. The summed E-state index contributed by atoms with van der Waals surface area (Å²) in [6.45, 7) is 9.61. The standard InChI is InChI=1S/C14H15O.C10H10O.C2H6.2H2/c1-10-3-5-12(6-4-10)9-11(2)14(15)13-7-8-13;1-9(11)7-8-10-5-3-2-4-6-10;1-2;;/h3-8,11H,9H2,1-2H3;2-8H,1H3;1-2H3;2*1H/b;8-7+;;;. The number of benzene rings is 2. The summed E-state index contributed by atoms with van der Waals surface area (Å²) in [4.78, 5) is 22.2. The van der Waals surface area contributed by atoms with Crippen molar-refractivity contribution in [3.8, 4) is 0 Å². The van der Waals surface area contributed by atoms with Crippen LogP contribution in [-0.2, 0) is 16.0 Å². The second-order valence-electron chi connectivity index (χ2n) is 6.60. The first-order chi connectivity index (χ1) is 13.5. The molecule has 0 fully saturated rings. The zero-order valence-corrected chi connectivity index (χ0v) is 17.6. The second kappa shape index (κ2) is 12.6. The molecule has 0 amide bonds. The summed E-state index contributed by atoms with van der Waals surface area (Å²) in [5.41, 5.74) is 4.45. The van der Waals surface area contributed by atoms with Crippen LogP contribution < -0.4 is 0 Å². The van der Waals surface area contributed by atoms with E-state index in [2.05, 4.69) is 31.2 Å². The van der Waals surface area contributed by atoms with Gasteiger partial charge in [-0.3, -0.25) is 9.59 Å². The van der Waals surface area contributed by atoms with E-state index in [9.17, 15) is 9.59 Å². The van der Waals surface area contributed by atoms with Gasteiger partial charge >= 0.3 is 0 Å². The van der Waals surface area contributed by atoms with Crippen LogP contribution in [0.15, 0.2) is 72.3 Å². The number of rotatable bonds is 6. The molecule has 1 aliphatic rings. The lowest BCUT2D eigenvalue weighted by Gasteiger charge is -2.08. The van der Waals surface area contributed by atoms with Crippen LogP contribution in [0, 0.1) is 19.3 Å². The Labute approximate surface area is 173 Å². The average molecular weight is 380 g/mol. The third kappa shape index (κ3) is 9.27. The van der Waals surface area contributed by atoms with Gasteiger partial charge < -0.3 is 0 Å². The Morgan fingerprint density at radius 1 is 1.00 bits per heavy atom. The number of allylic oxidation sites excluding steroid dienone is 3. The lowest BCUT2D eigenvalue weighted by Crippen LogP contribution is -2.12. The van der Waals surface area contributed by atoms with Gasteiger partial charge in [0.15, 0.2) is 11.6 Å². The SMILES string of the molecule is CC.CC(=O)/C=C/c1ccccc1.Cc1ccc(CC(C)C(=O)C2=C[CH]2)cc1.[HH].[HH]. The molecule has 1 unspecified atom stereocenters. The van der Waals surface area contributed by atoms with Gasteiger partial charge in [0.2, 0.25) is 0 Å². The van der Waals surface area contributed by atoms with Crippen molar-refractivity contribution >= 4 is 17.6 Å². The highest BCUT2D eigenvalue weighted by Gasteiger charge is 2.23. The molecule has 0 aromatic heterocycles. The Hall–Kier alpha value is -2.74. The number of ketones is 2. The van der Waals surface area contributed by atoms with Crippen LogP contribution >= 0.6 is 0 Å². The van der Waals surface area contributed by atoms with Crippen molar-refractivity contribution in [3.63, 3.8) is 0 Å². The molecule has 1 radical (unpaired) electrons. The summed E-state index contributed by atoms with van der Waals surface area (Å²) in [5.74, 6) is 0.446. The fourth-order valence-corrected chi connectivity index (χ4v) is 2.44. The van der Waals surface area contributed by atoms with E-state index in [0.29, 0.717) is 0 Å². The van der Waals surface area contributed by atoms with Crippen LogP contribution in [0.25, 0.3) is 6.08 Å². The van der Waals surface area contributed by atoms with E-state index in [4.69, 9.17) is 0 Å². The number of carbonyl (C=O) groups excluding carboxylic acids is 2. The topological polar surface area (TPSA) is 34.1 Å². The lowest BCUT2D eigenvalue weighted by atomic mass is 9.95. The minimum absolute atomic E-state index is 0. The van der Waals surface area contributed by atoms with Crippen molar-refractivity contribution in [1.29, 1.82) is 0 Å². The molecular weight excluding hydrogens is 344 g/mol. The molecule has 2 heteroatoms. The predicted molar refractivity (Wildman–Crippen MR) is 123 cm³/mol. The minimum Gasteiger partial charge on any atom is -0.295 e. The highest BCUT2D eigenvalue weighted by molar-refractivity contribution is 6.04. The van der Waals surface area contributed by atoms with E-state index >= 15 is 0 Å². The fourth-order valence-electron chi connectivity index (χ4n) is 2.44. The molecule has 1 atom stereocenters.